The average Bonchev–Trinajstić information content (AvgIpc) is 2.15. The van der Waals surface area contributed by atoms with Crippen molar-refractivity contribution in [1.82, 2.24) is 5.73 Å². The lowest BCUT2D eigenvalue weighted by atomic mass is 10.1. The van der Waals surface area contributed by atoms with E-state index in [1.54, 1.807) is 6.07 Å². The molecule has 0 unspecified atom stereocenters. The van der Waals surface area contributed by atoms with Gasteiger partial charge in [-0.05, 0) is 24.5 Å². The van der Waals surface area contributed by atoms with Gasteiger partial charge in [0, 0.05) is 0 Å². The molecule has 1 heteroatoms. The summed E-state index contributed by atoms with van der Waals surface area (Å²) in [4.78, 5) is 0. The Morgan fingerprint density at radius 3 is 2.54 bits per heavy atom. The Morgan fingerprint density at radius 1 is 1.08 bits per heavy atom. The van der Waals surface area contributed by atoms with Crippen molar-refractivity contribution in [2.45, 2.75) is 39.0 Å². The summed E-state index contributed by atoms with van der Waals surface area (Å²) in [5.74, 6) is 0. The van der Waals surface area contributed by atoms with Crippen LogP contribution in [-0.2, 0) is 6.42 Å². The molecule has 0 aliphatic heterocycles. The summed E-state index contributed by atoms with van der Waals surface area (Å²) in [5, 5.41) is 0. The van der Waals surface area contributed by atoms with Gasteiger partial charge in [-0.1, -0.05) is 44.4 Å². The first kappa shape index (κ1) is 10.1. The molecular formula is C12H17N. The van der Waals surface area contributed by atoms with Gasteiger partial charge in [-0.3, -0.25) is 0 Å². The van der Waals surface area contributed by atoms with E-state index < -0.39 is 0 Å². The maximum atomic E-state index is 9.47. The molecule has 0 bridgehead atoms. The van der Waals surface area contributed by atoms with Crippen LogP contribution in [0.5, 0.6) is 0 Å². The van der Waals surface area contributed by atoms with Gasteiger partial charge in [0.1, 0.15) is 0 Å². The van der Waals surface area contributed by atoms with E-state index in [1.807, 2.05) is 18.2 Å². The highest BCUT2D eigenvalue weighted by atomic mass is 14.6. The van der Waals surface area contributed by atoms with Crippen molar-refractivity contribution in [2.75, 3.05) is 0 Å². The van der Waals surface area contributed by atoms with Crippen LogP contribution >= 0.6 is 0 Å². The highest BCUT2D eigenvalue weighted by molar-refractivity contribution is 5.42. The van der Waals surface area contributed by atoms with Crippen LogP contribution in [0.4, 0.5) is 5.69 Å². The highest BCUT2D eigenvalue weighted by Crippen LogP contribution is 2.15. The Hall–Kier alpha value is -0.980. The third-order valence-corrected chi connectivity index (χ3v) is 2.29. The molecule has 0 atom stereocenters. The summed E-state index contributed by atoms with van der Waals surface area (Å²) >= 11 is 0. The zero-order valence-electron chi connectivity index (χ0n) is 8.29. The molecule has 1 rings (SSSR count). The van der Waals surface area contributed by atoms with Gasteiger partial charge < -0.3 is 0 Å². The summed E-state index contributed by atoms with van der Waals surface area (Å²) < 4.78 is 0. The van der Waals surface area contributed by atoms with Crippen molar-refractivity contribution < 1.29 is 0 Å². The molecule has 0 N–H and O–H groups in total. The second-order valence-electron chi connectivity index (χ2n) is 3.44. The summed E-state index contributed by atoms with van der Waals surface area (Å²) in [6.45, 7) is 2.21. The molecule has 13 heavy (non-hydrogen) atoms. The maximum Gasteiger partial charge on any atom is 0.0889 e. The molecule has 70 valence electrons. The van der Waals surface area contributed by atoms with Crippen LogP contribution in [0.1, 0.15) is 38.2 Å². The lowest BCUT2D eigenvalue weighted by molar-refractivity contribution is 0.667. The lowest BCUT2D eigenvalue weighted by Gasteiger charge is -2.02. The smallest absolute Gasteiger partial charge is 0.0889 e. The molecule has 0 saturated heterocycles. The first-order chi connectivity index (χ1) is 6.34. The van der Waals surface area contributed by atoms with Crippen molar-refractivity contribution in [3.8, 4) is 0 Å². The number of hydrogen-bond donors (Lipinski definition) is 0. The number of benzene rings is 1. The van der Waals surface area contributed by atoms with Crippen molar-refractivity contribution >= 4 is 5.69 Å². The zero-order valence-corrected chi connectivity index (χ0v) is 8.29. The summed E-state index contributed by atoms with van der Waals surface area (Å²) in [5.41, 5.74) is 11.0. The lowest BCUT2D eigenvalue weighted by Crippen LogP contribution is -1.87. The van der Waals surface area contributed by atoms with Crippen LogP contribution in [0.25, 0.3) is 0 Å². The summed E-state index contributed by atoms with van der Waals surface area (Å²) in [6.07, 6.45) is 6.03. The van der Waals surface area contributed by atoms with E-state index in [0.29, 0.717) is 5.69 Å². The van der Waals surface area contributed by atoms with Gasteiger partial charge in [0.2, 0.25) is 0 Å². The minimum atomic E-state index is 0.444. The average molecular weight is 175 g/mol. The normalized spacial score (nSPS) is 10.2. The van der Waals surface area contributed by atoms with Crippen LogP contribution in [0, 0.1) is 0 Å². The molecule has 1 aromatic rings. The van der Waals surface area contributed by atoms with E-state index in [-0.39, 0.29) is 0 Å². The van der Waals surface area contributed by atoms with E-state index in [0.717, 1.165) is 12.0 Å². The Bertz CT molecular complexity index is 243. The van der Waals surface area contributed by atoms with Gasteiger partial charge in [-0.25, -0.2) is 0 Å². The molecule has 0 heterocycles. The Kier molecular flexibility index (Phi) is 4.37. The largest absolute Gasteiger partial charge is 0.150 e. The van der Waals surface area contributed by atoms with E-state index in [9.17, 15) is 5.73 Å². The second kappa shape index (κ2) is 5.63. The molecule has 0 aromatic heterocycles. The molecule has 0 amide bonds. The van der Waals surface area contributed by atoms with Crippen LogP contribution in [-0.4, -0.2) is 0 Å². The van der Waals surface area contributed by atoms with E-state index in [4.69, 9.17) is 0 Å². The van der Waals surface area contributed by atoms with E-state index in [1.165, 1.54) is 25.7 Å². The van der Waals surface area contributed by atoms with Gasteiger partial charge in [-0.2, -0.15) is 5.73 Å². The molecule has 0 saturated carbocycles. The first-order valence-electron chi connectivity index (χ1n) is 5.11. The third kappa shape index (κ3) is 3.49. The second-order valence-corrected chi connectivity index (χ2v) is 3.44. The predicted molar refractivity (Wildman–Crippen MR) is 56.1 cm³/mol. The Morgan fingerprint density at radius 2 is 1.85 bits per heavy atom. The molecule has 2 radical (unpaired) electrons. The van der Waals surface area contributed by atoms with Gasteiger partial charge in [0.25, 0.3) is 0 Å². The fraction of sp³-hybridized carbons (Fsp3) is 0.500. The standard InChI is InChI=1S/C12H17N/c1-2-3-4-5-8-11-9-6-7-10-12(11)13/h6-7,9-10H,2-5,8H2,1H3. The van der Waals surface area contributed by atoms with Crippen molar-refractivity contribution in [2.24, 2.45) is 0 Å². The number of hydrogen-bond acceptors (Lipinski definition) is 0. The molecule has 0 aliphatic carbocycles. The number of unbranched alkanes of at least 4 members (excludes halogenated alkanes) is 3. The molecule has 1 nitrogen and oxygen atoms in total. The number of rotatable bonds is 5. The third-order valence-electron chi connectivity index (χ3n) is 2.29. The molecule has 1 aromatic carbocycles. The van der Waals surface area contributed by atoms with E-state index in [2.05, 4.69) is 6.92 Å². The molecule has 0 fully saturated rings. The fourth-order valence-electron chi connectivity index (χ4n) is 1.46. The van der Waals surface area contributed by atoms with Crippen LogP contribution in [0.3, 0.4) is 0 Å². The van der Waals surface area contributed by atoms with Gasteiger partial charge in [-0.15, -0.1) is 0 Å². The topological polar surface area (TPSA) is 22.3 Å². The Labute approximate surface area is 81.0 Å². The van der Waals surface area contributed by atoms with Gasteiger partial charge in [0.15, 0.2) is 0 Å². The van der Waals surface area contributed by atoms with E-state index >= 15 is 0 Å². The van der Waals surface area contributed by atoms with Crippen molar-refractivity contribution in [1.29, 1.82) is 0 Å². The van der Waals surface area contributed by atoms with Gasteiger partial charge >= 0.3 is 0 Å². The quantitative estimate of drug-likeness (QED) is 0.611. The first-order valence-corrected chi connectivity index (χ1v) is 5.11. The monoisotopic (exact) mass is 175 g/mol. The van der Waals surface area contributed by atoms with Crippen molar-refractivity contribution in [3.05, 3.63) is 29.8 Å². The minimum absolute atomic E-state index is 0.444. The highest BCUT2D eigenvalue weighted by Gasteiger charge is 1.98. The zero-order chi connectivity index (χ0) is 9.52. The SMILES string of the molecule is CCCCCCc1ccccc1[N]. The minimum Gasteiger partial charge on any atom is -0.150 e. The van der Waals surface area contributed by atoms with Crippen molar-refractivity contribution in [3.63, 3.8) is 0 Å². The van der Waals surface area contributed by atoms with Gasteiger partial charge in [0.05, 0.1) is 5.69 Å². The molecular weight excluding hydrogens is 158 g/mol. The maximum absolute atomic E-state index is 9.47. The number of aryl methyl sites for hydroxylation is 1. The predicted octanol–water partition coefficient (Wildman–Crippen LogP) is 3.51. The van der Waals surface area contributed by atoms with Crippen LogP contribution in [0.15, 0.2) is 24.3 Å². The molecule has 0 aliphatic rings. The summed E-state index contributed by atoms with van der Waals surface area (Å²) in [7, 11) is 0. The van der Waals surface area contributed by atoms with Crippen LogP contribution < -0.4 is 5.73 Å². The fourth-order valence-corrected chi connectivity index (χ4v) is 1.46. The van der Waals surface area contributed by atoms with Crippen LogP contribution in [0.2, 0.25) is 0 Å². The molecule has 0 spiro atoms. The summed E-state index contributed by atoms with van der Waals surface area (Å²) in [6, 6.07) is 7.61. The Balaban J connectivity index is 2.32. The number of nitrogens with zero attached hydrogens (tertiary/aromatic N) is 1.